The van der Waals surface area contributed by atoms with Gasteiger partial charge in [0.25, 0.3) is 0 Å². The molecule has 2 fully saturated rings. The third kappa shape index (κ3) is 3.96. The van der Waals surface area contributed by atoms with E-state index in [4.69, 9.17) is 0 Å². The maximum absolute atomic E-state index is 12.6. The molecule has 1 aromatic rings. The Hall–Kier alpha value is -1.44. The molecule has 0 aromatic heterocycles. The number of sulfonamides is 1. The van der Waals surface area contributed by atoms with E-state index in [-0.39, 0.29) is 5.91 Å². The van der Waals surface area contributed by atoms with Gasteiger partial charge >= 0.3 is 0 Å². The number of nitrogens with zero attached hydrogens (tertiary/aromatic N) is 2. The van der Waals surface area contributed by atoms with Gasteiger partial charge in [0.05, 0.1) is 4.90 Å². The van der Waals surface area contributed by atoms with Crippen LogP contribution < -0.4 is 5.32 Å². The number of amides is 1. The summed E-state index contributed by atoms with van der Waals surface area (Å²) in [7, 11) is -3.45. The number of piperazine rings is 1. The molecule has 0 aliphatic carbocycles. The van der Waals surface area contributed by atoms with E-state index in [1.54, 1.807) is 30.3 Å². The molecule has 1 N–H and O–H groups in total. The largest absolute Gasteiger partial charge is 0.340 e. The molecule has 7 heteroatoms. The molecule has 3 rings (SSSR count). The Bertz CT molecular complexity index is 649. The van der Waals surface area contributed by atoms with Crippen molar-refractivity contribution in [2.75, 3.05) is 39.3 Å². The van der Waals surface area contributed by atoms with Crippen molar-refractivity contribution in [3.63, 3.8) is 0 Å². The van der Waals surface area contributed by atoms with E-state index in [0.717, 1.165) is 25.9 Å². The molecule has 0 saturated carbocycles. The van der Waals surface area contributed by atoms with E-state index in [9.17, 15) is 13.2 Å². The molecule has 1 aromatic carbocycles. The van der Waals surface area contributed by atoms with Crippen LogP contribution in [0.5, 0.6) is 0 Å². The van der Waals surface area contributed by atoms with Crippen LogP contribution >= 0.6 is 0 Å². The van der Waals surface area contributed by atoms with Crippen LogP contribution in [-0.4, -0.2) is 62.8 Å². The fraction of sp³-hybridized carbons (Fsp3) is 0.588. The van der Waals surface area contributed by atoms with Crippen LogP contribution in [0.4, 0.5) is 0 Å². The van der Waals surface area contributed by atoms with Gasteiger partial charge in [-0.15, -0.1) is 0 Å². The van der Waals surface area contributed by atoms with Crippen LogP contribution in [0.1, 0.15) is 19.3 Å². The molecule has 6 nitrogen and oxygen atoms in total. The highest BCUT2D eigenvalue weighted by molar-refractivity contribution is 7.89. The Labute approximate surface area is 143 Å². The van der Waals surface area contributed by atoms with Crippen molar-refractivity contribution in [1.29, 1.82) is 0 Å². The van der Waals surface area contributed by atoms with Gasteiger partial charge < -0.3 is 10.2 Å². The summed E-state index contributed by atoms with van der Waals surface area (Å²) in [6.45, 7) is 3.68. The summed E-state index contributed by atoms with van der Waals surface area (Å²) < 4.78 is 26.7. The molecule has 2 aliphatic heterocycles. The van der Waals surface area contributed by atoms with Crippen LogP contribution in [0.2, 0.25) is 0 Å². The van der Waals surface area contributed by atoms with Crippen LogP contribution in [0.3, 0.4) is 0 Å². The van der Waals surface area contributed by atoms with E-state index in [1.165, 1.54) is 4.31 Å². The van der Waals surface area contributed by atoms with Gasteiger partial charge in [-0.05, 0) is 44.0 Å². The van der Waals surface area contributed by atoms with Gasteiger partial charge in [0, 0.05) is 32.6 Å². The molecular weight excluding hydrogens is 326 g/mol. The lowest BCUT2D eigenvalue weighted by molar-refractivity contribution is -0.133. The zero-order chi connectivity index (χ0) is 17.0. The second-order valence-corrected chi connectivity index (χ2v) is 8.43. The van der Waals surface area contributed by atoms with E-state index in [2.05, 4.69) is 5.32 Å². The maximum atomic E-state index is 12.6. The van der Waals surface area contributed by atoms with Crippen molar-refractivity contribution < 1.29 is 13.2 Å². The van der Waals surface area contributed by atoms with Crippen LogP contribution in [0.15, 0.2) is 35.2 Å². The first-order chi connectivity index (χ1) is 11.6. The van der Waals surface area contributed by atoms with Crippen molar-refractivity contribution in [2.24, 2.45) is 5.92 Å². The molecular formula is C17H25N3O3S. The summed E-state index contributed by atoms with van der Waals surface area (Å²) in [5, 5.41) is 3.31. The molecule has 2 heterocycles. The topological polar surface area (TPSA) is 69.7 Å². The zero-order valence-corrected chi connectivity index (χ0v) is 14.7. The van der Waals surface area contributed by atoms with Gasteiger partial charge in [0.2, 0.25) is 15.9 Å². The van der Waals surface area contributed by atoms with Crippen LogP contribution in [0.25, 0.3) is 0 Å². The fourth-order valence-electron chi connectivity index (χ4n) is 3.38. The van der Waals surface area contributed by atoms with Crippen molar-refractivity contribution in [3.8, 4) is 0 Å². The molecule has 2 aliphatic rings. The number of piperidine rings is 1. The molecule has 0 unspecified atom stereocenters. The number of benzene rings is 1. The first-order valence-electron chi connectivity index (χ1n) is 8.61. The van der Waals surface area contributed by atoms with Crippen LogP contribution in [0, 0.1) is 5.92 Å². The second kappa shape index (κ2) is 7.63. The summed E-state index contributed by atoms with van der Waals surface area (Å²) in [6, 6.07) is 8.49. The van der Waals surface area contributed by atoms with E-state index < -0.39 is 10.0 Å². The molecule has 2 saturated heterocycles. The monoisotopic (exact) mass is 351 g/mol. The zero-order valence-electron chi connectivity index (χ0n) is 13.9. The Morgan fingerprint density at radius 2 is 1.67 bits per heavy atom. The Morgan fingerprint density at radius 1 is 1.04 bits per heavy atom. The quantitative estimate of drug-likeness (QED) is 0.875. The second-order valence-electron chi connectivity index (χ2n) is 6.50. The molecule has 0 atom stereocenters. The number of hydrogen-bond donors (Lipinski definition) is 1. The third-order valence-electron chi connectivity index (χ3n) is 4.89. The van der Waals surface area contributed by atoms with E-state index in [1.807, 2.05) is 4.90 Å². The van der Waals surface area contributed by atoms with Crippen LogP contribution in [-0.2, 0) is 14.8 Å². The summed E-state index contributed by atoms with van der Waals surface area (Å²) >= 11 is 0. The predicted molar refractivity (Wildman–Crippen MR) is 92.0 cm³/mol. The standard InChI is InChI=1S/C17H25N3O3S/c21-17(14-15-6-8-18-9-7-15)19-10-12-20(13-11-19)24(22,23)16-4-2-1-3-5-16/h1-5,15,18H,6-14H2. The highest BCUT2D eigenvalue weighted by Crippen LogP contribution is 2.20. The summed E-state index contributed by atoms with van der Waals surface area (Å²) in [4.78, 5) is 14.6. The molecule has 0 bridgehead atoms. The maximum Gasteiger partial charge on any atom is 0.243 e. The van der Waals surface area contributed by atoms with Gasteiger partial charge in [-0.1, -0.05) is 18.2 Å². The minimum atomic E-state index is -3.45. The van der Waals surface area contributed by atoms with Gasteiger partial charge in [0.1, 0.15) is 0 Å². The molecule has 0 spiro atoms. The Balaban J connectivity index is 1.54. The van der Waals surface area contributed by atoms with Gasteiger partial charge in [0.15, 0.2) is 0 Å². The summed E-state index contributed by atoms with van der Waals surface area (Å²) in [6.07, 6.45) is 2.69. The normalized spacial score (nSPS) is 20.9. The van der Waals surface area contributed by atoms with Gasteiger partial charge in [-0.2, -0.15) is 4.31 Å². The number of carbonyl (C=O) groups excluding carboxylic acids is 1. The first kappa shape index (κ1) is 17.4. The minimum Gasteiger partial charge on any atom is -0.340 e. The highest BCUT2D eigenvalue weighted by atomic mass is 32.2. The SMILES string of the molecule is O=C(CC1CCNCC1)N1CCN(S(=O)(=O)c2ccccc2)CC1. The fourth-order valence-corrected chi connectivity index (χ4v) is 4.82. The number of hydrogen-bond acceptors (Lipinski definition) is 4. The van der Waals surface area contributed by atoms with E-state index in [0.29, 0.717) is 43.4 Å². The van der Waals surface area contributed by atoms with Gasteiger partial charge in [-0.3, -0.25) is 4.79 Å². The molecule has 1 amide bonds. The lowest BCUT2D eigenvalue weighted by Gasteiger charge is -2.35. The van der Waals surface area contributed by atoms with Crippen molar-refractivity contribution in [3.05, 3.63) is 30.3 Å². The Morgan fingerprint density at radius 3 is 2.29 bits per heavy atom. The average Bonchev–Trinajstić information content (AvgIpc) is 2.63. The lowest BCUT2D eigenvalue weighted by Crippen LogP contribution is -2.50. The minimum absolute atomic E-state index is 0.165. The number of nitrogens with one attached hydrogen (secondary N) is 1. The lowest BCUT2D eigenvalue weighted by atomic mass is 9.94. The molecule has 24 heavy (non-hydrogen) atoms. The van der Waals surface area contributed by atoms with Gasteiger partial charge in [-0.25, -0.2) is 8.42 Å². The summed E-state index contributed by atoms with van der Waals surface area (Å²) in [5.74, 6) is 0.628. The summed E-state index contributed by atoms with van der Waals surface area (Å²) in [5.41, 5.74) is 0. The molecule has 0 radical (unpaired) electrons. The predicted octanol–water partition coefficient (Wildman–Crippen LogP) is 0.909. The first-order valence-corrected chi connectivity index (χ1v) is 10.0. The number of carbonyl (C=O) groups is 1. The third-order valence-corrected chi connectivity index (χ3v) is 6.81. The smallest absolute Gasteiger partial charge is 0.243 e. The van der Waals surface area contributed by atoms with E-state index >= 15 is 0 Å². The molecule has 132 valence electrons. The van der Waals surface area contributed by atoms with Crippen molar-refractivity contribution in [2.45, 2.75) is 24.2 Å². The van der Waals surface area contributed by atoms with Crippen molar-refractivity contribution >= 4 is 15.9 Å². The number of rotatable bonds is 4. The Kier molecular flexibility index (Phi) is 5.53. The highest BCUT2D eigenvalue weighted by Gasteiger charge is 2.30. The van der Waals surface area contributed by atoms with Crippen molar-refractivity contribution in [1.82, 2.24) is 14.5 Å². The average molecular weight is 351 g/mol.